The lowest BCUT2D eigenvalue weighted by atomic mass is 9.65. The van der Waals surface area contributed by atoms with E-state index in [1.54, 1.807) is 21.3 Å². The molecule has 0 unspecified atom stereocenters. The van der Waals surface area contributed by atoms with Gasteiger partial charge in [0.25, 0.3) is 0 Å². The van der Waals surface area contributed by atoms with E-state index in [1.165, 1.54) is 5.56 Å². The number of likely N-dealkylation sites (tertiary alicyclic amines) is 1. The molecule has 2 fully saturated rings. The van der Waals surface area contributed by atoms with Crippen molar-refractivity contribution in [3.05, 3.63) is 48.0 Å². The van der Waals surface area contributed by atoms with E-state index in [4.69, 9.17) is 14.2 Å². The standard InChI is InChI=1S/C25H33N3O4/c1-28-14-13-25(17-9-10-21(31-3)22(15-17)32-4)12-11-18(16-23(25)28)26-24(29)27-19-7-5-6-8-20(19)30-2/h5-10,15,18,23H,11-14,16H2,1-4H3,(H2,26,27,29)/t18-,23+,25+/m1/s1. The minimum Gasteiger partial charge on any atom is -0.495 e. The van der Waals surface area contributed by atoms with Crippen LogP contribution in [0.3, 0.4) is 0 Å². The zero-order valence-electron chi connectivity index (χ0n) is 19.3. The Labute approximate surface area is 190 Å². The number of hydrogen-bond donors (Lipinski definition) is 2. The lowest BCUT2D eigenvalue weighted by Gasteiger charge is -2.45. The van der Waals surface area contributed by atoms with Gasteiger partial charge in [-0.2, -0.15) is 0 Å². The maximum Gasteiger partial charge on any atom is 0.319 e. The number of ether oxygens (including phenoxy) is 3. The molecule has 2 aromatic rings. The minimum atomic E-state index is -0.196. The summed E-state index contributed by atoms with van der Waals surface area (Å²) in [5, 5.41) is 6.11. The molecule has 32 heavy (non-hydrogen) atoms. The molecular formula is C25H33N3O4. The fraction of sp³-hybridized carbons (Fsp3) is 0.480. The first-order valence-electron chi connectivity index (χ1n) is 11.1. The van der Waals surface area contributed by atoms with Crippen LogP contribution in [-0.4, -0.2) is 57.9 Å². The predicted molar refractivity (Wildman–Crippen MR) is 125 cm³/mol. The molecule has 1 saturated heterocycles. The van der Waals surface area contributed by atoms with Gasteiger partial charge in [-0.25, -0.2) is 4.79 Å². The largest absolute Gasteiger partial charge is 0.495 e. The second-order valence-corrected chi connectivity index (χ2v) is 8.74. The number of anilines is 1. The van der Waals surface area contributed by atoms with Crippen molar-refractivity contribution < 1.29 is 19.0 Å². The Hall–Kier alpha value is -2.93. The SMILES string of the molecule is COc1ccccc1NC(=O)N[C@@H]1CC[C@@]2(c3ccc(OC)c(OC)c3)CCN(C)[C@H]2C1. The molecule has 0 bridgehead atoms. The molecule has 172 valence electrons. The van der Waals surface area contributed by atoms with E-state index < -0.39 is 0 Å². The number of urea groups is 1. The number of rotatable bonds is 6. The Bertz CT molecular complexity index is 966. The highest BCUT2D eigenvalue weighted by Gasteiger charge is 2.50. The van der Waals surface area contributed by atoms with Crippen molar-refractivity contribution in [2.24, 2.45) is 0 Å². The van der Waals surface area contributed by atoms with Gasteiger partial charge in [-0.15, -0.1) is 0 Å². The zero-order valence-corrected chi connectivity index (χ0v) is 19.3. The van der Waals surface area contributed by atoms with Crippen molar-refractivity contribution in [3.8, 4) is 17.2 Å². The Kier molecular flexibility index (Phi) is 6.46. The molecule has 1 heterocycles. The molecule has 7 nitrogen and oxygen atoms in total. The highest BCUT2D eigenvalue weighted by atomic mass is 16.5. The lowest BCUT2D eigenvalue weighted by molar-refractivity contribution is 0.156. The van der Waals surface area contributed by atoms with Crippen LogP contribution >= 0.6 is 0 Å². The van der Waals surface area contributed by atoms with Gasteiger partial charge in [-0.05, 0) is 69.1 Å². The minimum absolute atomic E-state index is 0.0611. The van der Waals surface area contributed by atoms with Crippen LogP contribution in [0.4, 0.5) is 10.5 Å². The molecule has 1 aliphatic carbocycles. The van der Waals surface area contributed by atoms with E-state index >= 15 is 0 Å². The number of para-hydroxylation sites is 2. The summed E-state index contributed by atoms with van der Waals surface area (Å²) in [6.45, 7) is 1.04. The Morgan fingerprint density at radius 1 is 1.00 bits per heavy atom. The number of likely N-dealkylation sites (N-methyl/N-ethyl adjacent to an activating group) is 1. The zero-order chi connectivity index (χ0) is 22.7. The fourth-order valence-corrected chi connectivity index (χ4v) is 5.49. The summed E-state index contributed by atoms with van der Waals surface area (Å²) in [4.78, 5) is 15.1. The molecule has 1 aliphatic heterocycles. The van der Waals surface area contributed by atoms with Crippen molar-refractivity contribution in [1.29, 1.82) is 0 Å². The van der Waals surface area contributed by atoms with Gasteiger partial charge in [-0.1, -0.05) is 18.2 Å². The topological polar surface area (TPSA) is 72.1 Å². The third-order valence-electron chi connectivity index (χ3n) is 7.18. The number of fused-ring (bicyclic) bond motifs is 1. The summed E-state index contributed by atoms with van der Waals surface area (Å²) in [6.07, 6.45) is 3.95. The van der Waals surface area contributed by atoms with E-state index in [1.807, 2.05) is 30.3 Å². The van der Waals surface area contributed by atoms with Crippen LogP contribution in [0.25, 0.3) is 0 Å². The number of carbonyl (C=O) groups is 1. The van der Waals surface area contributed by atoms with Gasteiger partial charge in [0, 0.05) is 17.5 Å². The lowest BCUT2D eigenvalue weighted by Crippen LogP contribution is -2.52. The highest BCUT2D eigenvalue weighted by molar-refractivity contribution is 5.91. The molecule has 2 amide bonds. The second-order valence-electron chi connectivity index (χ2n) is 8.74. The number of nitrogens with one attached hydrogen (secondary N) is 2. The van der Waals surface area contributed by atoms with Crippen LogP contribution in [0.1, 0.15) is 31.2 Å². The van der Waals surface area contributed by atoms with E-state index in [0.717, 1.165) is 43.7 Å². The molecule has 2 N–H and O–H groups in total. The molecule has 1 saturated carbocycles. The third-order valence-corrected chi connectivity index (χ3v) is 7.18. The molecule has 0 spiro atoms. The number of hydrogen-bond acceptors (Lipinski definition) is 5. The summed E-state index contributed by atoms with van der Waals surface area (Å²) < 4.78 is 16.3. The van der Waals surface area contributed by atoms with Gasteiger partial charge < -0.3 is 29.7 Å². The number of methoxy groups -OCH3 is 3. The molecule has 7 heteroatoms. The van der Waals surface area contributed by atoms with Gasteiger partial charge in [-0.3, -0.25) is 0 Å². The summed E-state index contributed by atoms with van der Waals surface area (Å²) in [6, 6.07) is 14.0. The van der Waals surface area contributed by atoms with E-state index in [2.05, 4.69) is 34.7 Å². The normalized spacial score (nSPS) is 25.0. The molecule has 0 aromatic heterocycles. The average Bonchev–Trinajstić information content (AvgIpc) is 3.16. The van der Waals surface area contributed by atoms with Crippen LogP contribution in [0.15, 0.2) is 42.5 Å². The van der Waals surface area contributed by atoms with Crippen LogP contribution in [0.2, 0.25) is 0 Å². The smallest absolute Gasteiger partial charge is 0.319 e. The van der Waals surface area contributed by atoms with E-state index in [-0.39, 0.29) is 17.5 Å². The maximum atomic E-state index is 12.7. The second kappa shape index (κ2) is 9.28. The monoisotopic (exact) mass is 439 g/mol. The first-order valence-corrected chi connectivity index (χ1v) is 11.1. The number of amides is 2. The quantitative estimate of drug-likeness (QED) is 0.711. The first kappa shape index (κ1) is 22.3. The molecular weight excluding hydrogens is 406 g/mol. The van der Waals surface area contributed by atoms with Gasteiger partial charge in [0.2, 0.25) is 0 Å². The van der Waals surface area contributed by atoms with Crippen LogP contribution < -0.4 is 24.8 Å². The average molecular weight is 440 g/mol. The van der Waals surface area contributed by atoms with Crippen LogP contribution in [0.5, 0.6) is 17.2 Å². The van der Waals surface area contributed by atoms with Crippen molar-refractivity contribution in [3.63, 3.8) is 0 Å². The Morgan fingerprint density at radius 3 is 2.50 bits per heavy atom. The van der Waals surface area contributed by atoms with Gasteiger partial charge in [0.15, 0.2) is 11.5 Å². The third kappa shape index (κ3) is 4.09. The molecule has 4 rings (SSSR count). The van der Waals surface area contributed by atoms with Gasteiger partial charge in [0.1, 0.15) is 5.75 Å². The number of nitrogens with zero attached hydrogens (tertiary/aromatic N) is 1. The van der Waals surface area contributed by atoms with Crippen LogP contribution in [-0.2, 0) is 5.41 Å². The van der Waals surface area contributed by atoms with E-state index in [0.29, 0.717) is 17.5 Å². The van der Waals surface area contributed by atoms with Crippen molar-refractivity contribution in [1.82, 2.24) is 10.2 Å². The van der Waals surface area contributed by atoms with Crippen molar-refractivity contribution >= 4 is 11.7 Å². The highest BCUT2D eigenvalue weighted by Crippen LogP contribution is 2.49. The number of benzene rings is 2. The van der Waals surface area contributed by atoms with Crippen molar-refractivity contribution in [2.75, 3.05) is 40.2 Å². The molecule has 2 aromatic carbocycles. The molecule has 3 atom stereocenters. The van der Waals surface area contributed by atoms with E-state index in [9.17, 15) is 4.79 Å². The van der Waals surface area contributed by atoms with Gasteiger partial charge >= 0.3 is 6.03 Å². The summed E-state index contributed by atoms with van der Waals surface area (Å²) in [5.41, 5.74) is 2.02. The molecule has 2 aliphatic rings. The molecule has 0 radical (unpaired) electrons. The summed E-state index contributed by atoms with van der Waals surface area (Å²) in [7, 11) is 7.13. The predicted octanol–water partition coefficient (Wildman–Crippen LogP) is 4.03. The Balaban J connectivity index is 1.48. The van der Waals surface area contributed by atoms with Crippen molar-refractivity contribution in [2.45, 2.75) is 43.2 Å². The van der Waals surface area contributed by atoms with Gasteiger partial charge in [0.05, 0.1) is 27.0 Å². The fourth-order valence-electron chi connectivity index (χ4n) is 5.49. The Morgan fingerprint density at radius 2 is 1.75 bits per heavy atom. The van der Waals surface area contributed by atoms with Crippen LogP contribution in [0, 0.1) is 0 Å². The summed E-state index contributed by atoms with van der Waals surface area (Å²) >= 11 is 0. The number of carbonyl (C=O) groups excluding carboxylic acids is 1. The maximum absolute atomic E-state index is 12.7. The first-order chi connectivity index (χ1) is 15.5. The summed E-state index contributed by atoms with van der Waals surface area (Å²) in [5.74, 6) is 2.16.